The number of halogens is 2. The molecule has 1 saturated heterocycles. The van der Waals surface area contributed by atoms with E-state index < -0.39 is 0 Å². The summed E-state index contributed by atoms with van der Waals surface area (Å²) in [5.74, 6) is -0.237. The molecular formula is C16H26Cl2N4O2. The first-order chi connectivity index (χ1) is 10.7. The molecule has 0 aliphatic carbocycles. The van der Waals surface area contributed by atoms with Gasteiger partial charge in [-0.1, -0.05) is 12.8 Å². The van der Waals surface area contributed by atoms with Gasteiger partial charge in [0.25, 0.3) is 0 Å². The summed E-state index contributed by atoms with van der Waals surface area (Å²) in [6, 6.07) is 7.03. The number of likely N-dealkylation sites (tertiary alicyclic amines) is 1. The molecule has 0 saturated carbocycles. The number of nitrogens with zero attached hydrogens (tertiary/aromatic N) is 1. The molecule has 2 amide bonds. The molecule has 0 atom stereocenters. The van der Waals surface area contributed by atoms with Crippen molar-refractivity contribution < 1.29 is 9.59 Å². The van der Waals surface area contributed by atoms with Crippen LogP contribution >= 0.6 is 24.8 Å². The van der Waals surface area contributed by atoms with Crippen LogP contribution in [0.1, 0.15) is 25.7 Å². The van der Waals surface area contributed by atoms with E-state index in [0.717, 1.165) is 18.8 Å². The van der Waals surface area contributed by atoms with E-state index in [9.17, 15) is 9.59 Å². The van der Waals surface area contributed by atoms with Gasteiger partial charge in [-0.3, -0.25) is 14.5 Å². The molecule has 1 heterocycles. The van der Waals surface area contributed by atoms with E-state index in [1.807, 2.05) is 0 Å². The number of hydrogen-bond acceptors (Lipinski definition) is 4. The van der Waals surface area contributed by atoms with Gasteiger partial charge in [0.15, 0.2) is 0 Å². The highest BCUT2D eigenvalue weighted by atomic mass is 35.5. The fourth-order valence-electron chi connectivity index (χ4n) is 2.55. The van der Waals surface area contributed by atoms with Crippen molar-refractivity contribution in [2.75, 3.05) is 36.8 Å². The standard InChI is InChI=1S/C16H24N4O2.2ClH/c17-11-15(21)18-13-5-7-14(8-6-13)19-16(22)12-20-9-3-1-2-4-10-20;;/h5-8H,1-4,9-12,17H2,(H,18,21)(H,19,22);2*1H. The van der Waals surface area contributed by atoms with Gasteiger partial charge in [-0.2, -0.15) is 0 Å². The maximum absolute atomic E-state index is 12.1. The quantitative estimate of drug-likeness (QED) is 0.735. The van der Waals surface area contributed by atoms with Crippen molar-refractivity contribution in [2.45, 2.75) is 25.7 Å². The molecule has 0 bridgehead atoms. The van der Waals surface area contributed by atoms with Crippen molar-refractivity contribution in [3.63, 3.8) is 0 Å². The molecule has 0 spiro atoms. The Morgan fingerprint density at radius 2 is 1.33 bits per heavy atom. The minimum atomic E-state index is -0.238. The molecule has 1 fully saturated rings. The molecule has 1 aromatic rings. The number of rotatable bonds is 5. The number of benzene rings is 1. The van der Waals surface area contributed by atoms with Crippen molar-refractivity contribution in [1.29, 1.82) is 0 Å². The summed E-state index contributed by atoms with van der Waals surface area (Å²) < 4.78 is 0. The van der Waals surface area contributed by atoms with Gasteiger partial charge in [0, 0.05) is 11.4 Å². The van der Waals surface area contributed by atoms with Gasteiger partial charge in [0.1, 0.15) is 0 Å². The Morgan fingerprint density at radius 3 is 1.79 bits per heavy atom. The van der Waals surface area contributed by atoms with Gasteiger partial charge in [-0.15, -0.1) is 24.8 Å². The molecule has 0 unspecified atom stereocenters. The normalized spacial score (nSPS) is 14.5. The third kappa shape index (κ3) is 7.97. The van der Waals surface area contributed by atoms with Gasteiger partial charge in [0.05, 0.1) is 13.1 Å². The largest absolute Gasteiger partial charge is 0.325 e. The van der Waals surface area contributed by atoms with Crippen LogP contribution in [-0.4, -0.2) is 42.9 Å². The summed E-state index contributed by atoms with van der Waals surface area (Å²) in [5, 5.41) is 5.55. The molecule has 24 heavy (non-hydrogen) atoms. The van der Waals surface area contributed by atoms with Crippen LogP contribution in [0.2, 0.25) is 0 Å². The Hall–Kier alpha value is -1.34. The lowest BCUT2D eigenvalue weighted by Gasteiger charge is -2.19. The summed E-state index contributed by atoms with van der Waals surface area (Å²) in [6.07, 6.45) is 4.85. The van der Waals surface area contributed by atoms with Crippen molar-refractivity contribution in [2.24, 2.45) is 5.73 Å². The lowest BCUT2D eigenvalue weighted by atomic mass is 10.2. The number of carbonyl (C=O) groups excluding carboxylic acids is 2. The van der Waals surface area contributed by atoms with Crippen LogP contribution in [0.4, 0.5) is 11.4 Å². The first-order valence-electron chi connectivity index (χ1n) is 7.79. The Balaban J connectivity index is 0.00000264. The van der Waals surface area contributed by atoms with Gasteiger partial charge in [-0.25, -0.2) is 0 Å². The Bertz CT molecular complexity index is 503. The topological polar surface area (TPSA) is 87.5 Å². The SMILES string of the molecule is Cl.Cl.NCC(=O)Nc1ccc(NC(=O)CN2CCCCCC2)cc1. The second kappa shape index (κ2) is 12.1. The van der Waals surface area contributed by atoms with E-state index >= 15 is 0 Å². The van der Waals surface area contributed by atoms with Crippen molar-refractivity contribution >= 4 is 48.0 Å². The number of carbonyl (C=O) groups is 2. The first kappa shape index (κ1) is 22.7. The molecule has 2 rings (SSSR count). The van der Waals surface area contributed by atoms with Gasteiger partial charge >= 0.3 is 0 Å². The fourth-order valence-corrected chi connectivity index (χ4v) is 2.55. The zero-order valence-electron chi connectivity index (χ0n) is 13.6. The first-order valence-corrected chi connectivity index (χ1v) is 7.79. The predicted octanol–water partition coefficient (Wildman–Crippen LogP) is 2.24. The Morgan fingerprint density at radius 1 is 0.875 bits per heavy atom. The number of amides is 2. The monoisotopic (exact) mass is 376 g/mol. The van der Waals surface area contributed by atoms with E-state index in [1.54, 1.807) is 24.3 Å². The highest BCUT2D eigenvalue weighted by Gasteiger charge is 2.13. The highest BCUT2D eigenvalue weighted by molar-refractivity contribution is 5.94. The van der Waals surface area contributed by atoms with E-state index in [-0.39, 0.29) is 43.2 Å². The third-order valence-corrected chi connectivity index (χ3v) is 3.70. The molecule has 1 aliphatic heterocycles. The zero-order chi connectivity index (χ0) is 15.8. The van der Waals surface area contributed by atoms with Crippen molar-refractivity contribution in [1.82, 2.24) is 4.90 Å². The molecular weight excluding hydrogens is 351 g/mol. The fraction of sp³-hybridized carbons (Fsp3) is 0.500. The van der Waals surface area contributed by atoms with Crippen LogP contribution in [0.25, 0.3) is 0 Å². The Labute approximate surface area is 155 Å². The number of hydrogen-bond donors (Lipinski definition) is 3. The number of nitrogens with one attached hydrogen (secondary N) is 2. The molecule has 1 aliphatic rings. The van der Waals surface area contributed by atoms with E-state index in [2.05, 4.69) is 15.5 Å². The molecule has 4 N–H and O–H groups in total. The lowest BCUT2D eigenvalue weighted by Crippen LogP contribution is -2.33. The average Bonchev–Trinajstić information content (AvgIpc) is 2.77. The molecule has 0 aromatic heterocycles. The van der Waals surface area contributed by atoms with Crippen LogP contribution < -0.4 is 16.4 Å². The molecule has 1 aromatic carbocycles. The van der Waals surface area contributed by atoms with E-state index in [0.29, 0.717) is 12.2 Å². The lowest BCUT2D eigenvalue weighted by molar-refractivity contribution is -0.117. The van der Waals surface area contributed by atoms with Crippen LogP contribution in [0, 0.1) is 0 Å². The maximum Gasteiger partial charge on any atom is 0.238 e. The second-order valence-electron chi connectivity index (χ2n) is 5.57. The summed E-state index contributed by atoms with van der Waals surface area (Å²) in [4.78, 5) is 25.5. The van der Waals surface area contributed by atoms with Crippen molar-refractivity contribution in [3.8, 4) is 0 Å². The molecule has 8 heteroatoms. The number of anilines is 2. The second-order valence-corrected chi connectivity index (χ2v) is 5.57. The van der Waals surface area contributed by atoms with E-state index in [1.165, 1.54) is 25.7 Å². The van der Waals surface area contributed by atoms with Crippen LogP contribution in [0.15, 0.2) is 24.3 Å². The summed E-state index contributed by atoms with van der Waals surface area (Å²) in [7, 11) is 0. The third-order valence-electron chi connectivity index (χ3n) is 3.70. The van der Waals surface area contributed by atoms with Crippen LogP contribution in [-0.2, 0) is 9.59 Å². The van der Waals surface area contributed by atoms with Crippen LogP contribution in [0.3, 0.4) is 0 Å². The highest BCUT2D eigenvalue weighted by Crippen LogP contribution is 2.14. The summed E-state index contributed by atoms with van der Waals surface area (Å²) in [5.41, 5.74) is 6.64. The van der Waals surface area contributed by atoms with E-state index in [4.69, 9.17) is 5.73 Å². The Kier molecular flexibility index (Phi) is 11.4. The molecule has 6 nitrogen and oxygen atoms in total. The van der Waals surface area contributed by atoms with Gasteiger partial charge in [0.2, 0.25) is 11.8 Å². The minimum absolute atomic E-state index is 0. The van der Waals surface area contributed by atoms with Crippen LogP contribution in [0.5, 0.6) is 0 Å². The average molecular weight is 377 g/mol. The molecule has 0 radical (unpaired) electrons. The summed E-state index contributed by atoms with van der Waals surface area (Å²) in [6.45, 7) is 2.38. The minimum Gasteiger partial charge on any atom is -0.325 e. The zero-order valence-corrected chi connectivity index (χ0v) is 15.3. The van der Waals surface area contributed by atoms with Gasteiger partial charge in [-0.05, 0) is 50.2 Å². The van der Waals surface area contributed by atoms with Crippen molar-refractivity contribution in [3.05, 3.63) is 24.3 Å². The summed E-state index contributed by atoms with van der Waals surface area (Å²) >= 11 is 0. The maximum atomic E-state index is 12.1. The molecule has 136 valence electrons. The predicted molar refractivity (Wildman–Crippen MR) is 102 cm³/mol. The smallest absolute Gasteiger partial charge is 0.238 e. The van der Waals surface area contributed by atoms with Gasteiger partial charge < -0.3 is 16.4 Å². The number of nitrogens with two attached hydrogens (primary N) is 1.